The normalized spacial score (nSPS) is 18.8. The molecule has 0 unspecified atom stereocenters. The molecule has 21 heteroatoms. The Morgan fingerprint density at radius 1 is 1.06 bits per heavy atom. The van der Waals surface area contributed by atoms with E-state index in [0.29, 0.717) is 41.4 Å². The van der Waals surface area contributed by atoms with E-state index >= 15 is 4.39 Å². The van der Waals surface area contributed by atoms with Crippen molar-refractivity contribution in [3.8, 4) is 17.0 Å². The smallest absolute Gasteiger partial charge is 0.335 e. The molecule has 0 bridgehead atoms. The van der Waals surface area contributed by atoms with Crippen LogP contribution in [-0.2, 0) is 16.1 Å². The van der Waals surface area contributed by atoms with Gasteiger partial charge in [0, 0.05) is 24.7 Å². The number of aromatic nitrogens is 5. The number of hydrogen-bond acceptors (Lipinski definition) is 13. The number of imidazole rings is 1. The highest BCUT2D eigenvalue weighted by Gasteiger charge is 2.43. The highest BCUT2D eigenvalue weighted by atomic mass is 19.3. The second-order valence-corrected chi connectivity index (χ2v) is 11.0. The molecule has 0 saturated carbocycles. The van der Waals surface area contributed by atoms with Gasteiger partial charge in [0.15, 0.2) is 35.2 Å². The zero-order valence-corrected chi connectivity index (χ0v) is 25.6. The van der Waals surface area contributed by atoms with Crippen molar-refractivity contribution in [2.75, 3.05) is 30.8 Å². The van der Waals surface area contributed by atoms with E-state index in [1.165, 1.54) is 24.9 Å². The van der Waals surface area contributed by atoms with E-state index in [-0.39, 0.29) is 42.1 Å². The Kier molecular flexibility index (Phi) is 11.1. The molecule has 3 aromatic heterocycles. The monoisotopic (exact) mass is 717 g/mol. The highest BCUT2D eigenvalue weighted by molar-refractivity contribution is 5.83. The summed E-state index contributed by atoms with van der Waals surface area (Å²) < 4.78 is 84.4. The number of piperidine rings is 1. The number of anilines is 2. The fourth-order valence-electron chi connectivity index (χ4n) is 5.13. The number of hydrogen-bond donors (Lipinski definition) is 7. The summed E-state index contributed by atoms with van der Waals surface area (Å²) in [6.45, 7) is 0.330. The number of methoxy groups -OCH3 is 1. The minimum atomic E-state index is -3.05. The fourth-order valence-corrected chi connectivity index (χ4v) is 5.13. The Morgan fingerprint density at radius 2 is 1.74 bits per heavy atom. The van der Waals surface area contributed by atoms with Crippen LogP contribution in [-0.4, -0.2) is 118 Å². The van der Waals surface area contributed by atoms with Crippen LogP contribution in [0.3, 0.4) is 0 Å². The van der Waals surface area contributed by atoms with Crippen molar-refractivity contribution in [3.05, 3.63) is 54.2 Å². The van der Waals surface area contributed by atoms with Crippen LogP contribution in [0.2, 0.25) is 0 Å². The number of aliphatic carboxylic acids is 2. The van der Waals surface area contributed by atoms with Gasteiger partial charge in [-0.2, -0.15) is 0 Å². The Hall–Kier alpha value is -5.22. The molecule has 1 aliphatic heterocycles. The molecule has 50 heavy (non-hydrogen) atoms. The van der Waals surface area contributed by atoms with Crippen LogP contribution >= 0.6 is 0 Å². The number of nitrogens with two attached hydrogens (primary N) is 2. The van der Waals surface area contributed by atoms with Gasteiger partial charge in [0.05, 0.1) is 47.1 Å². The van der Waals surface area contributed by atoms with Crippen LogP contribution < -0.4 is 21.1 Å². The number of alkyl halides is 2. The number of carboxylic acids is 2. The SMILES string of the molecule is O.O=C(O)[C@H](O)[C@@H](O)C(=O)O.[2H]C([2H])([2H])Oc1cc(F)c(-c2cc(Cn3cnc4c(N)ncnc43)c(N3CCC[C@](N)([C@H](O)C(F)F)C3)cn2)cc1F. The van der Waals surface area contributed by atoms with Gasteiger partial charge >= 0.3 is 11.9 Å². The van der Waals surface area contributed by atoms with Crippen molar-refractivity contribution in [3.63, 3.8) is 0 Å². The summed E-state index contributed by atoms with van der Waals surface area (Å²) in [6.07, 6.45) is -5.00. The molecule has 4 heterocycles. The lowest BCUT2D eigenvalue weighted by atomic mass is 9.84. The lowest BCUT2D eigenvalue weighted by Gasteiger charge is -2.44. The summed E-state index contributed by atoms with van der Waals surface area (Å²) in [6, 6.07) is 2.87. The molecule has 4 aromatic rings. The Bertz CT molecular complexity index is 1930. The molecule has 4 atom stereocenters. The zero-order chi connectivity index (χ0) is 38.7. The molecule has 272 valence electrons. The van der Waals surface area contributed by atoms with E-state index in [1.807, 2.05) is 0 Å². The molecule has 0 spiro atoms. The van der Waals surface area contributed by atoms with E-state index in [2.05, 4.69) is 24.7 Å². The van der Waals surface area contributed by atoms with Gasteiger partial charge in [-0.25, -0.2) is 42.1 Å². The second kappa shape index (κ2) is 16.0. The predicted molar refractivity (Wildman–Crippen MR) is 166 cm³/mol. The van der Waals surface area contributed by atoms with Gasteiger partial charge in [0.1, 0.15) is 23.8 Å². The number of pyridine rings is 1. The first-order valence-corrected chi connectivity index (χ1v) is 14.1. The van der Waals surface area contributed by atoms with E-state index in [0.717, 1.165) is 6.07 Å². The van der Waals surface area contributed by atoms with E-state index in [9.17, 15) is 27.9 Å². The third-order valence-corrected chi connectivity index (χ3v) is 7.67. The molecule has 0 amide bonds. The van der Waals surface area contributed by atoms with Crippen molar-refractivity contribution in [2.45, 2.75) is 49.7 Å². The largest absolute Gasteiger partial charge is 0.494 e. The number of aliphatic hydroxyl groups excluding tert-OH is 3. The molecular formula is C29H34F4N8O9. The van der Waals surface area contributed by atoms with Gasteiger partial charge in [-0.05, 0) is 30.5 Å². The lowest BCUT2D eigenvalue weighted by molar-refractivity contribution is -0.165. The predicted octanol–water partition coefficient (Wildman–Crippen LogP) is -0.218. The van der Waals surface area contributed by atoms with Crippen LogP contribution in [0.1, 0.15) is 22.5 Å². The topological polar surface area (TPSA) is 288 Å². The summed E-state index contributed by atoms with van der Waals surface area (Å²) in [5.74, 6) is -6.29. The van der Waals surface area contributed by atoms with Crippen LogP contribution in [0.25, 0.3) is 22.4 Å². The van der Waals surface area contributed by atoms with Crippen molar-refractivity contribution in [2.24, 2.45) is 5.73 Å². The number of aliphatic hydroxyl groups is 3. The third-order valence-electron chi connectivity index (χ3n) is 7.67. The fraction of sp³-hybridized carbons (Fsp3) is 0.379. The summed E-state index contributed by atoms with van der Waals surface area (Å²) in [4.78, 5) is 37.9. The first-order chi connectivity index (χ1) is 24.2. The van der Waals surface area contributed by atoms with Crippen LogP contribution in [0, 0.1) is 11.6 Å². The van der Waals surface area contributed by atoms with Crippen LogP contribution in [0.5, 0.6) is 5.75 Å². The summed E-state index contributed by atoms with van der Waals surface area (Å²) in [5, 5.41) is 42.7. The molecule has 17 nitrogen and oxygen atoms in total. The average molecular weight is 718 g/mol. The van der Waals surface area contributed by atoms with Gasteiger partial charge in [-0.15, -0.1) is 0 Å². The highest BCUT2D eigenvalue weighted by Crippen LogP contribution is 2.35. The number of nitrogen functional groups attached to an aromatic ring is 1. The number of ether oxygens (including phenoxy) is 1. The number of carboxylic acid groups (broad SMARTS) is 2. The summed E-state index contributed by atoms with van der Waals surface area (Å²) in [7, 11) is -2.99. The first kappa shape index (κ1) is 34.6. The zero-order valence-electron chi connectivity index (χ0n) is 28.6. The van der Waals surface area contributed by atoms with Gasteiger partial charge in [-0.1, -0.05) is 0 Å². The van der Waals surface area contributed by atoms with E-state index < -0.39 is 66.6 Å². The first-order valence-electron chi connectivity index (χ1n) is 15.6. The minimum Gasteiger partial charge on any atom is -0.494 e. The van der Waals surface area contributed by atoms with Crippen molar-refractivity contribution >= 4 is 34.6 Å². The van der Waals surface area contributed by atoms with Gasteiger partial charge < -0.3 is 56.7 Å². The number of carbonyl (C=O) groups is 2. The number of benzene rings is 1. The van der Waals surface area contributed by atoms with Gasteiger partial charge in [0.25, 0.3) is 6.43 Å². The maximum absolute atomic E-state index is 15.1. The van der Waals surface area contributed by atoms with Gasteiger partial charge in [0.2, 0.25) is 0 Å². The van der Waals surface area contributed by atoms with E-state index in [4.69, 9.17) is 36.0 Å². The van der Waals surface area contributed by atoms with E-state index in [1.54, 1.807) is 9.47 Å². The Labute approximate surface area is 283 Å². The summed E-state index contributed by atoms with van der Waals surface area (Å²) >= 11 is 0. The Morgan fingerprint density at radius 3 is 2.36 bits per heavy atom. The minimum absolute atomic E-state index is 0. The number of rotatable bonds is 10. The maximum atomic E-state index is 15.1. The van der Waals surface area contributed by atoms with Gasteiger partial charge in [-0.3, -0.25) is 4.98 Å². The standard InChI is InChI=1S/C25H26F4N8O2.C4H6O6.H2O/c1-39-19-7-15(26)14(6-16(19)27)17-5-13(9-37-12-35-20-23(30)33-11-34-24(20)37)18(8-32-17)36-4-2-3-25(31,10-36)21(38)22(28)29;5-1(3(7)8)2(6)4(9)10;/h5-8,11-12,21-22,38H,2-4,9-10,31H2,1H3,(H2,30,33,34);1-2,5-6H,(H,7,8)(H,9,10);1H2/t21-,25-;1-,2-;/m11./s1/i1D3;;. The molecular weight excluding hydrogens is 680 g/mol. The number of halogens is 4. The molecule has 1 aliphatic rings. The van der Waals surface area contributed by atoms with Crippen molar-refractivity contribution in [1.82, 2.24) is 24.5 Å². The molecule has 5 rings (SSSR count). The second-order valence-electron chi connectivity index (χ2n) is 11.0. The molecule has 1 saturated heterocycles. The molecule has 11 N–H and O–H groups in total. The number of nitrogens with zero attached hydrogens (tertiary/aromatic N) is 6. The lowest BCUT2D eigenvalue weighted by Crippen LogP contribution is -2.63. The molecule has 1 aromatic carbocycles. The maximum Gasteiger partial charge on any atom is 0.335 e. The van der Waals surface area contributed by atoms with Crippen LogP contribution in [0.15, 0.2) is 37.1 Å². The molecule has 1 fully saturated rings. The average Bonchev–Trinajstić information content (AvgIpc) is 3.48. The third kappa shape index (κ3) is 8.31. The molecule has 0 aliphatic carbocycles. The van der Waals surface area contributed by atoms with Crippen molar-refractivity contribution in [1.29, 1.82) is 0 Å². The quantitative estimate of drug-likeness (QED) is 0.104. The molecule has 0 radical (unpaired) electrons. The van der Waals surface area contributed by atoms with Crippen LogP contribution in [0.4, 0.5) is 29.1 Å². The Balaban J connectivity index is 0.000000604. The van der Waals surface area contributed by atoms with Crippen molar-refractivity contribution < 1.29 is 67.0 Å². The number of fused-ring (bicyclic) bond motifs is 1. The summed E-state index contributed by atoms with van der Waals surface area (Å²) in [5.41, 5.74) is 11.9.